The molecule has 0 saturated heterocycles. The van der Waals surface area contributed by atoms with Crippen LogP contribution in [0, 0.1) is 11.8 Å². The summed E-state index contributed by atoms with van der Waals surface area (Å²) in [4.78, 5) is 0. The van der Waals surface area contributed by atoms with Gasteiger partial charge in [0, 0.05) is 6.04 Å². The summed E-state index contributed by atoms with van der Waals surface area (Å²) in [7, 11) is 0. The van der Waals surface area contributed by atoms with Crippen molar-refractivity contribution >= 4 is 0 Å². The fourth-order valence-electron chi connectivity index (χ4n) is 1.57. The second-order valence-electron chi connectivity index (χ2n) is 4.04. The predicted octanol–water partition coefficient (Wildman–Crippen LogP) is 2.80. The lowest BCUT2D eigenvalue weighted by atomic mass is 9.88. The molecular formula is C10H23N. The molecule has 0 aliphatic carbocycles. The molecule has 0 aliphatic heterocycles. The molecule has 0 heterocycles. The van der Waals surface area contributed by atoms with Crippen LogP contribution in [0.3, 0.4) is 0 Å². The first-order valence-electron chi connectivity index (χ1n) is 4.83. The van der Waals surface area contributed by atoms with E-state index in [-0.39, 0.29) is 0 Å². The molecule has 0 aromatic carbocycles. The van der Waals surface area contributed by atoms with Gasteiger partial charge in [0.05, 0.1) is 0 Å². The van der Waals surface area contributed by atoms with Crippen LogP contribution < -0.4 is 5.73 Å². The summed E-state index contributed by atoms with van der Waals surface area (Å²) in [6.45, 7) is 8.90. The van der Waals surface area contributed by atoms with Gasteiger partial charge in [-0.2, -0.15) is 0 Å². The second kappa shape index (κ2) is 5.59. The van der Waals surface area contributed by atoms with E-state index in [0.29, 0.717) is 6.04 Å². The van der Waals surface area contributed by atoms with Gasteiger partial charge in [-0.3, -0.25) is 0 Å². The quantitative estimate of drug-likeness (QED) is 0.652. The molecule has 0 aromatic heterocycles. The SMILES string of the molecule is CCCC(CC(C)C)C(C)N. The summed E-state index contributed by atoms with van der Waals surface area (Å²) in [6, 6.07) is 0.373. The van der Waals surface area contributed by atoms with Gasteiger partial charge in [-0.05, 0) is 31.6 Å². The van der Waals surface area contributed by atoms with Crippen molar-refractivity contribution in [3.8, 4) is 0 Å². The lowest BCUT2D eigenvalue weighted by molar-refractivity contribution is 0.336. The highest BCUT2D eigenvalue weighted by Gasteiger charge is 2.13. The molecule has 0 aromatic rings. The third kappa shape index (κ3) is 5.25. The highest BCUT2D eigenvalue weighted by molar-refractivity contribution is 4.69. The minimum Gasteiger partial charge on any atom is -0.328 e. The monoisotopic (exact) mass is 157 g/mol. The zero-order valence-electron chi connectivity index (χ0n) is 8.43. The van der Waals surface area contributed by atoms with Gasteiger partial charge in [-0.15, -0.1) is 0 Å². The topological polar surface area (TPSA) is 26.0 Å². The van der Waals surface area contributed by atoms with E-state index in [1.165, 1.54) is 19.3 Å². The molecule has 2 unspecified atom stereocenters. The first-order valence-corrected chi connectivity index (χ1v) is 4.83. The van der Waals surface area contributed by atoms with Gasteiger partial charge in [0.25, 0.3) is 0 Å². The average Bonchev–Trinajstić information content (AvgIpc) is 1.86. The first kappa shape index (κ1) is 11.0. The van der Waals surface area contributed by atoms with Gasteiger partial charge < -0.3 is 5.73 Å². The average molecular weight is 157 g/mol. The van der Waals surface area contributed by atoms with Gasteiger partial charge in [0.1, 0.15) is 0 Å². The highest BCUT2D eigenvalue weighted by atomic mass is 14.6. The van der Waals surface area contributed by atoms with Crippen LogP contribution in [0.4, 0.5) is 0 Å². The highest BCUT2D eigenvalue weighted by Crippen LogP contribution is 2.19. The minimum absolute atomic E-state index is 0.373. The molecule has 1 heteroatoms. The lowest BCUT2D eigenvalue weighted by Crippen LogP contribution is -2.27. The second-order valence-corrected chi connectivity index (χ2v) is 4.04. The van der Waals surface area contributed by atoms with E-state index >= 15 is 0 Å². The van der Waals surface area contributed by atoms with Gasteiger partial charge >= 0.3 is 0 Å². The van der Waals surface area contributed by atoms with E-state index < -0.39 is 0 Å². The molecule has 0 amide bonds. The van der Waals surface area contributed by atoms with Crippen LogP contribution in [0.5, 0.6) is 0 Å². The van der Waals surface area contributed by atoms with Crippen molar-refractivity contribution in [3.05, 3.63) is 0 Å². The maximum absolute atomic E-state index is 5.87. The Labute approximate surface area is 71.4 Å². The summed E-state index contributed by atoms with van der Waals surface area (Å²) in [5.74, 6) is 1.53. The summed E-state index contributed by atoms with van der Waals surface area (Å²) in [6.07, 6.45) is 3.83. The Morgan fingerprint density at radius 1 is 1.18 bits per heavy atom. The van der Waals surface area contributed by atoms with E-state index in [4.69, 9.17) is 5.73 Å². The molecule has 0 fully saturated rings. The molecule has 1 nitrogen and oxygen atoms in total. The van der Waals surface area contributed by atoms with Gasteiger partial charge in [-0.25, -0.2) is 0 Å². The van der Waals surface area contributed by atoms with Gasteiger partial charge in [0.15, 0.2) is 0 Å². The van der Waals surface area contributed by atoms with E-state index in [1.807, 2.05) is 0 Å². The minimum atomic E-state index is 0.373. The van der Waals surface area contributed by atoms with Gasteiger partial charge in [0.2, 0.25) is 0 Å². The van der Waals surface area contributed by atoms with E-state index in [1.54, 1.807) is 0 Å². The van der Waals surface area contributed by atoms with Crippen LogP contribution in [0.15, 0.2) is 0 Å². The fourth-order valence-corrected chi connectivity index (χ4v) is 1.57. The third-order valence-electron chi connectivity index (χ3n) is 2.18. The molecule has 0 rings (SSSR count). The third-order valence-corrected chi connectivity index (χ3v) is 2.18. The van der Waals surface area contributed by atoms with E-state index in [2.05, 4.69) is 27.7 Å². The number of hydrogen-bond acceptors (Lipinski definition) is 1. The molecule has 2 atom stereocenters. The zero-order valence-corrected chi connectivity index (χ0v) is 8.43. The standard InChI is InChI=1S/C10H23N/c1-5-6-10(9(4)11)7-8(2)3/h8-10H,5-7,11H2,1-4H3. The van der Waals surface area contributed by atoms with Crippen LogP contribution in [0.1, 0.15) is 47.0 Å². The molecule has 0 bridgehead atoms. The molecule has 0 spiro atoms. The molecule has 0 aliphatic rings. The summed E-state index contributed by atoms with van der Waals surface area (Å²) < 4.78 is 0. The van der Waals surface area contributed by atoms with Crippen LogP contribution in [-0.4, -0.2) is 6.04 Å². The van der Waals surface area contributed by atoms with Crippen molar-refractivity contribution < 1.29 is 0 Å². The lowest BCUT2D eigenvalue weighted by Gasteiger charge is -2.21. The van der Waals surface area contributed by atoms with Crippen molar-refractivity contribution in [2.75, 3.05) is 0 Å². The van der Waals surface area contributed by atoms with Crippen LogP contribution in [0.25, 0.3) is 0 Å². The number of rotatable bonds is 5. The van der Waals surface area contributed by atoms with Crippen molar-refractivity contribution in [3.63, 3.8) is 0 Å². The number of nitrogens with two attached hydrogens (primary N) is 1. The van der Waals surface area contributed by atoms with Crippen molar-refractivity contribution in [2.45, 2.75) is 53.0 Å². The fraction of sp³-hybridized carbons (Fsp3) is 1.00. The van der Waals surface area contributed by atoms with Crippen LogP contribution in [-0.2, 0) is 0 Å². The summed E-state index contributed by atoms with van der Waals surface area (Å²) >= 11 is 0. The Bertz CT molecular complexity index is 86.9. The van der Waals surface area contributed by atoms with Crippen LogP contribution in [0.2, 0.25) is 0 Å². The largest absolute Gasteiger partial charge is 0.328 e. The zero-order chi connectivity index (χ0) is 8.85. The molecular weight excluding hydrogens is 134 g/mol. The van der Waals surface area contributed by atoms with E-state index in [9.17, 15) is 0 Å². The predicted molar refractivity (Wildman–Crippen MR) is 51.5 cm³/mol. The smallest absolute Gasteiger partial charge is 0.00388 e. The molecule has 11 heavy (non-hydrogen) atoms. The summed E-state index contributed by atoms with van der Waals surface area (Å²) in [5, 5.41) is 0. The maximum Gasteiger partial charge on any atom is 0.00388 e. The van der Waals surface area contributed by atoms with Crippen molar-refractivity contribution in [2.24, 2.45) is 17.6 Å². The Hall–Kier alpha value is -0.0400. The normalized spacial score (nSPS) is 16.9. The Morgan fingerprint density at radius 2 is 1.73 bits per heavy atom. The first-order chi connectivity index (χ1) is 5.07. The molecule has 68 valence electrons. The van der Waals surface area contributed by atoms with E-state index in [0.717, 1.165) is 11.8 Å². The Kier molecular flexibility index (Phi) is 5.57. The van der Waals surface area contributed by atoms with Crippen molar-refractivity contribution in [1.82, 2.24) is 0 Å². The van der Waals surface area contributed by atoms with Crippen molar-refractivity contribution in [1.29, 1.82) is 0 Å². The van der Waals surface area contributed by atoms with Crippen LogP contribution >= 0.6 is 0 Å². The molecule has 2 N–H and O–H groups in total. The maximum atomic E-state index is 5.87. The summed E-state index contributed by atoms with van der Waals surface area (Å²) in [5.41, 5.74) is 5.87. The number of hydrogen-bond donors (Lipinski definition) is 1. The Morgan fingerprint density at radius 3 is 2.00 bits per heavy atom. The molecule has 0 radical (unpaired) electrons. The molecule has 0 saturated carbocycles. The van der Waals surface area contributed by atoms with Gasteiger partial charge in [-0.1, -0.05) is 27.2 Å². The Balaban J connectivity index is 3.69.